The Hall–Kier alpha value is -1.44. The molecule has 3 aromatic rings. The SMILES string of the molecule is O=C(O)C1(c2ncc3ccsc3n2)CCC(NCc2ccc(Cl)c(Cl)c2)CC1Cl. The maximum Gasteiger partial charge on any atom is 0.318 e. The van der Waals surface area contributed by atoms with E-state index in [0.717, 1.165) is 15.8 Å². The molecule has 1 saturated carbocycles. The number of carboxylic acids is 1. The van der Waals surface area contributed by atoms with Crippen molar-refractivity contribution >= 4 is 62.3 Å². The van der Waals surface area contributed by atoms with Gasteiger partial charge in [-0.3, -0.25) is 4.79 Å². The van der Waals surface area contributed by atoms with Crippen LogP contribution in [0.2, 0.25) is 10.0 Å². The van der Waals surface area contributed by atoms with E-state index in [0.29, 0.717) is 41.7 Å². The van der Waals surface area contributed by atoms with E-state index >= 15 is 0 Å². The van der Waals surface area contributed by atoms with Crippen molar-refractivity contribution in [1.82, 2.24) is 15.3 Å². The van der Waals surface area contributed by atoms with E-state index < -0.39 is 16.8 Å². The second kappa shape index (κ2) is 8.36. The molecule has 9 heteroatoms. The summed E-state index contributed by atoms with van der Waals surface area (Å²) in [7, 11) is 0. The number of carbonyl (C=O) groups is 1. The lowest BCUT2D eigenvalue weighted by atomic mass is 9.71. The fourth-order valence-electron chi connectivity index (χ4n) is 3.78. The Morgan fingerprint density at radius 1 is 1.31 bits per heavy atom. The maximum atomic E-state index is 12.3. The van der Waals surface area contributed by atoms with E-state index in [1.54, 1.807) is 12.3 Å². The molecular weight excluding hydrogens is 453 g/mol. The first-order valence-corrected chi connectivity index (χ1v) is 11.2. The Kier molecular flexibility index (Phi) is 6.00. The summed E-state index contributed by atoms with van der Waals surface area (Å²) in [6.45, 7) is 0.600. The van der Waals surface area contributed by atoms with Crippen LogP contribution in [0.25, 0.3) is 10.2 Å². The summed E-state index contributed by atoms with van der Waals surface area (Å²) in [6, 6.07) is 7.50. The van der Waals surface area contributed by atoms with Gasteiger partial charge < -0.3 is 10.4 Å². The van der Waals surface area contributed by atoms with Gasteiger partial charge in [-0.15, -0.1) is 22.9 Å². The monoisotopic (exact) mass is 469 g/mol. The number of carboxylic acid groups (broad SMARTS) is 1. The summed E-state index contributed by atoms with van der Waals surface area (Å²) in [5, 5.41) is 16.7. The minimum Gasteiger partial charge on any atom is -0.480 e. The molecule has 4 rings (SSSR count). The minimum atomic E-state index is -1.29. The summed E-state index contributed by atoms with van der Waals surface area (Å²) in [5.41, 5.74) is -0.284. The van der Waals surface area contributed by atoms with Crippen LogP contribution in [0.3, 0.4) is 0 Å². The van der Waals surface area contributed by atoms with Crippen LogP contribution in [0.5, 0.6) is 0 Å². The number of aromatic nitrogens is 2. The Bertz CT molecular complexity index is 1060. The molecule has 3 atom stereocenters. The summed E-state index contributed by atoms with van der Waals surface area (Å²) < 4.78 is 0. The van der Waals surface area contributed by atoms with Gasteiger partial charge in [0.2, 0.25) is 0 Å². The van der Waals surface area contributed by atoms with Gasteiger partial charge in [-0.1, -0.05) is 29.3 Å². The van der Waals surface area contributed by atoms with Crippen LogP contribution in [-0.4, -0.2) is 32.5 Å². The van der Waals surface area contributed by atoms with Gasteiger partial charge in [0.1, 0.15) is 16.1 Å². The molecule has 2 aromatic heterocycles. The number of benzene rings is 1. The zero-order valence-electron chi connectivity index (χ0n) is 15.2. The molecule has 0 amide bonds. The van der Waals surface area contributed by atoms with E-state index in [9.17, 15) is 9.90 Å². The number of rotatable bonds is 5. The zero-order valence-corrected chi connectivity index (χ0v) is 18.3. The predicted molar refractivity (Wildman–Crippen MR) is 117 cm³/mol. The van der Waals surface area contributed by atoms with E-state index in [4.69, 9.17) is 34.8 Å². The van der Waals surface area contributed by atoms with E-state index in [1.165, 1.54) is 11.3 Å². The molecular formula is C20H18Cl3N3O2S. The van der Waals surface area contributed by atoms with Crippen LogP contribution in [0, 0.1) is 0 Å². The number of hydrogen-bond donors (Lipinski definition) is 2. The molecule has 0 radical (unpaired) electrons. The minimum absolute atomic E-state index is 0.0879. The molecule has 5 nitrogen and oxygen atoms in total. The second-order valence-corrected chi connectivity index (χ2v) is 9.46. The van der Waals surface area contributed by atoms with E-state index in [-0.39, 0.29) is 6.04 Å². The van der Waals surface area contributed by atoms with Crippen LogP contribution < -0.4 is 5.32 Å². The quantitative estimate of drug-likeness (QED) is 0.497. The Balaban J connectivity index is 1.50. The normalized spacial score (nSPS) is 24.7. The summed E-state index contributed by atoms with van der Waals surface area (Å²) >= 11 is 20.2. The summed E-state index contributed by atoms with van der Waals surface area (Å²) in [5.74, 6) is -0.681. The number of aliphatic carboxylic acids is 1. The standard InChI is InChI=1S/C20H18Cl3N3O2S/c21-14-2-1-11(7-15(14)22)9-24-13-3-5-20(19(27)28,16(23)8-13)18-25-10-12-4-6-29-17(12)26-18/h1-2,4,6-7,10,13,16,24H,3,5,8-9H2,(H,27,28). The van der Waals surface area contributed by atoms with Gasteiger partial charge in [0.25, 0.3) is 0 Å². The zero-order chi connectivity index (χ0) is 20.6. The van der Waals surface area contributed by atoms with Crippen LogP contribution in [0.4, 0.5) is 0 Å². The fraction of sp³-hybridized carbons (Fsp3) is 0.350. The third-order valence-corrected chi connectivity index (χ3v) is 7.59. The smallest absolute Gasteiger partial charge is 0.318 e. The number of hydrogen-bond acceptors (Lipinski definition) is 5. The highest BCUT2D eigenvalue weighted by molar-refractivity contribution is 7.16. The van der Waals surface area contributed by atoms with Crippen LogP contribution in [0.15, 0.2) is 35.8 Å². The second-order valence-electron chi connectivity index (χ2n) is 7.22. The average molecular weight is 471 g/mol. The molecule has 0 bridgehead atoms. The first-order valence-electron chi connectivity index (χ1n) is 9.15. The highest BCUT2D eigenvalue weighted by atomic mass is 35.5. The molecule has 3 unspecified atom stereocenters. The van der Waals surface area contributed by atoms with Crippen molar-refractivity contribution in [1.29, 1.82) is 0 Å². The number of alkyl halides is 1. The van der Waals surface area contributed by atoms with Gasteiger partial charge in [0.05, 0.1) is 15.4 Å². The summed E-state index contributed by atoms with van der Waals surface area (Å²) in [6.07, 6.45) is 3.20. The van der Waals surface area contributed by atoms with Crippen LogP contribution in [0.1, 0.15) is 30.7 Å². The van der Waals surface area contributed by atoms with Gasteiger partial charge >= 0.3 is 5.97 Å². The number of thiophene rings is 1. The lowest BCUT2D eigenvalue weighted by Crippen LogP contribution is -2.52. The van der Waals surface area contributed by atoms with Crippen molar-refractivity contribution in [3.05, 3.63) is 57.3 Å². The first-order chi connectivity index (χ1) is 13.9. The average Bonchev–Trinajstić information content (AvgIpc) is 3.17. The Labute approximate surface area is 187 Å². The molecule has 2 N–H and O–H groups in total. The molecule has 0 spiro atoms. The highest BCUT2D eigenvalue weighted by Crippen LogP contribution is 2.42. The number of nitrogens with one attached hydrogen (secondary N) is 1. The number of nitrogens with zero attached hydrogens (tertiary/aromatic N) is 2. The lowest BCUT2D eigenvalue weighted by Gasteiger charge is -2.39. The molecule has 2 heterocycles. The Morgan fingerprint density at radius 2 is 2.14 bits per heavy atom. The molecule has 1 fully saturated rings. The van der Waals surface area contributed by atoms with Gasteiger partial charge in [-0.05, 0) is 48.4 Å². The molecule has 0 aliphatic heterocycles. The van der Waals surface area contributed by atoms with Crippen LogP contribution in [-0.2, 0) is 16.8 Å². The molecule has 1 aliphatic rings. The molecule has 0 saturated heterocycles. The van der Waals surface area contributed by atoms with Crippen molar-refractivity contribution in [2.24, 2.45) is 0 Å². The van der Waals surface area contributed by atoms with Crippen molar-refractivity contribution in [3.8, 4) is 0 Å². The van der Waals surface area contributed by atoms with Crippen molar-refractivity contribution in [2.75, 3.05) is 0 Å². The van der Waals surface area contributed by atoms with Crippen molar-refractivity contribution in [2.45, 2.75) is 42.6 Å². The first kappa shape index (κ1) is 20.8. The highest BCUT2D eigenvalue weighted by Gasteiger charge is 2.52. The Morgan fingerprint density at radius 3 is 2.86 bits per heavy atom. The van der Waals surface area contributed by atoms with Crippen LogP contribution >= 0.6 is 46.1 Å². The molecule has 29 heavy (non-hydrogen) atoms. The van der Waals surface area contributed by atoms with Gasteiger partial charge in [-0.2, -0.15) is 0 Å². The van der Waals surface area contributed by atoms with E-state index in [1.807, 2.05) is 23.6 Å². The summed E-state index contributed by atoms with van der Waals surface area (Å²) in [4.78, 5) is 22.0. The van der Waals surface area contributed by atoms with E-state index in [2.05, 4.69) is 15.3 Å². The third-order valence-electron chi connectivity index (χ3n) is 5.48. The molecule has 1 aliphatic carbocycles. The fourth-order valence-corrected chi connectivity index (χ4v) is 5.36. The number of halogens is 3. The lowest BCUT2D eigenvalue weighted by molar-refractivity contribution is -0.145. The van der Waals surface area contributed by atoms with Crippen molar-refractivity contribution < 1.29 is 9.90 Å². The third kappa shape index (κ3) is 3.97. The topological polar surface area (TPSA) is 75.1 Å². The van der Waals surface area contributed by atoms with Gasteiger partial charge in [-0.25, -0.2) is 9.97 Å². The molecule has 152 valence electrons. The van der Waals surface area contributed by atoms with Crippen molar-refractivity contribution in [3.63, 3.8) is 0 Å². The largest absolute Gasteiger partial charge is 0.480 e. The predicted octanol–water partition coefficient (Wildman–Crippen LogP) is 5.27. The molecule has 1 aromatic carbocycles. The van der Waals surface area contributed by atoms with Gasteiger partial charge in [0.15, 0.2) is 0 Å². The number of fused-ring (bicyclic) bond motifs is 1. The van der Waals surface area contributed by atoms with Gasteiger partial charge in [0, 0.05) is 24.2 Å². The maximum absolute atomic E-state index is 12.3.